The molecule has 0 atom stereocenters. The zero-order chi connectivity index (χ0) is 15.5. The minimum atomic E-state index is -0.476. The Morgan fingerprint density at radius 2 is 1.71 bits per heavy atom. The molecule has 0 spiro atoms. The number of hydrazine groups is 1. The van der Waals surface area contributed by atoms with Crippen molar-refractivity contribution in [3.8, 4) is 0 Å². The maximum absolute atomic E-state index is 11.7. The van der Waals surface area contributed by atoms with Crippen LogP contribution < -0.4 is 16.1 Å². The summed E-state index contributed by atoms with van der Waals surface area (Å²) in [5.74, 6) is 0. The Kier molecular flexibility index (Phi) is 4.57. The number of carbonyl (C=O) groups is 1. The Morgan fingerprint density at radius 1 is 1.14 bits per heavy atom. The summed E-state index contributed by atoms with van der Waals surface area (Å²) in [7, 11) is 0. The molecule has 1 fully saturated rings. The number of carbonyl (C=O) groups excluding carboxylic acids is 1. The third kappa shape index (κ3) is 4.82. The van der Waals surface area contributed by atoms with Crippen molar-refractivity contribution < 1.29 is 9.53 Å². The van der Waals surface area contributed by atoms with Gasteiger partial charge in [-0.3, -0.25) is 5.43 Å². The van der Waals surface area contributed by atoms with Crippen molar-refractivity contribution in [1.82, 2.24) is 10.4 Å². The van der Waals surface area contributed by atoms with Gasteiger partial charge in [-0.05, 0) is 45.0 Å². The van der Waals surface area contributed by atoms with Gasteiger partial charge in [0.05, 0.1) is 0 Å². The van der Waals surface area contributed by atoms with Crippen molar-refractivity contribution in [2.24, 2.45) is 0 Å². The smallest absolute Gasteiger partial charge is 0.422 e. The number of rotatable bonds is 2. The Morgan fingerprint density at radius 3 is 2.24 bits per heavy atom. The van der Waals surface area contributed by atoms with E-state index in [0.29, 0.717) is 0 Å². The number of nitrogens with zero attached hydrogens (tertiary/aromatic N) is 2. The van der Waals surface area contributed by atoms with Crippen LogP contribution in [0, 0.1) is 0 Å². The largest absolute Gasteiger partial charge is 0.443 e. The average molecular weight is 292 g/mol. The quantitative estimate of drug-likeness (QED) is 0.814. The third-order valence-electron chi connectivity index (χ3n) is 3.19. The van der Waals surface area contributed by atoms with E-state index in [2.05, 4.69) is 10.3 Å². The van der Waals surface area contributed by atoms with E-state index in [-0.39, 0.29) is 0 Å². The van der Waals surface area contributed by atoms with E-state index >= 15 is 0 Å². The molecule has 0 saturated carbocycles. The van der Waals surface area contributed by atoms with Crippen LogP contribution in [0.15, 0.2) is 24.3 Å². The first kappa shape index (κ1) is 15.4. The predicted molar refractivity (Wildman–Crippen MR) is 84.0 cm³/mol. The molecule has 1 aliphatic rings. The molecule has 2 rings (SSSR count). The molecule has 0 bridgehead atoms. The zero-order valence-electron chi connectivity index (χ0n) is 12.9. The highest BCUT2D eigenvalue weighted by Gasteiger charge is 2.21. The monoisotopic (exact) mass is 292 g/mol. The first-order chi connectivity index (χ1) is 9.83. The number of ether oxygens (including phenoxy) is 1. The van der Waals surface area contributed by atoms with E-state index in [1.165, 1.54) is 0 Å². The lowest BCUT2D eigenvalue weighted by molar-refractivity contribution is 0.0321. The summed E-state index contributed by atoms with van der Waals surface area (Å²) >= 11 is 0. The van der Waals surface area contributed by atoms with Crippen LogP contribution in [0.1, 0.15) is 20.8 Å². The molecule has 1 heterocycles. The second kappa shape index (κ2) is 6.22. The molecule has 1 amide bonds. The van der Waals surface area contributed by atoms with Crippen LogP contribution in [-0.2, 0) is 4.74 Å². The van der Waals surface area contributed by atoms with Gasteiger partial charge in [-0.2, -0.15) is 0 Å². The van der Waals surface area contributed by atoms with E-state index in [4.69, 9.17) is 10.5 Å². The summed E-state index contributed by atoms with van der Waals surface area (Å²) in [5, 5.41) is 1.89. The topological polar surface area (TPSA) is 70.8 Å². The molecule has 1 aromatic carbocycles. The maximum Gasteiger partial charge on any atom is 0.422 e. The van der Waals surface area contributed by atoms with E-state index in [0.717, 1.165) is 37.6 Å². The standard InChI is InChI=1S/C15H24N4O2/c1-15(2,3)21-14(20)17-19-10-8-18(9-11-19)13-6-4-12(16)5-7-13/h4-7H,8-11,16H2,1-3H3,(H,17,20). The van der Waals surface area contributed by atoms with Crippen LogP contribution in [0.4, 0.5) is 16.2 Å². The molecule has 1 saturated heterocycles. The number of nitrogens with two attached hydrogens (primary N) is 1. The van der Waals surface area contributed by atoms with Crippen molar-refractivity contribution in [2.45, 2.75) is 26.4 Å². The first-order valence-electron chi connectivity index (χ1n) is 7.18. The normalized spacial score (nSPS) is 16.6. The van der Waals surface area contributed by atoms with Gasteiger partial charge >= 0.3 is 6.09 Å². The van der Waals surface area contributed by atoms with Gasteiger partial charge in [0.1, 0.15) is 5.60 Å². The molecular formula is C15H24N4O2. The van der Waals surface area contributed by atoms with E-state index < -0.39 is 11.7 Å². The highest BCUT2D eigenvalue weighted by Crippen LogP contribution is 2.17. The number of nitrogens with one attached hydrogen (secondary N) is 1. The fourth-order valence-corrected chi connectivity index (χ4v) is 2.19. The number of piperazine rings is 1. The Hall–Kier alpha value is -1.95. The van der Waals surface area contributed by atoms with E-state index in [9.17, 15) is 4.79 Å². The Labute approximate surface area is 125 Å². The van der Waals surface area contributed by atoms with Gasteiger partial charge in [-0.15, -0.1) is 0 Å². The molecule has 0 aromatic heterocycles. The molecule has 3 N–H and O–H groups in total. The van der Waals surface area contributed by atoms with Gasteiger partial charge in [0, 0.05) is 37.6 Å². The first-order valence-corrected chi connectivity index (χ1v) is 7.18. The minimum Gasteiger partial charge on any atom is -0.443 e. The Bertz CT molecular complexity index is 473. The maximum atomic E-state index is 11.7. The molecule has 116 valence electrons. The number of benzene rings is 1. The SMILES string of the molecule is CC(C)(C)OC(=O)NN1CCN(c2ccc(N)cc2)CC1. The zero-order valence-corrected chi connectivity index (χ0v) is 12.9. The molecule has 0 unspecified atom stereocenters. The lowest BCUT2D eigenvalue weighted by Crippen LogP contribution is -2.54. The van der Waals surface area contributed by atoms with Crippen molar-refractivity contribution in [3.05, 3.63) is 24.3 Å². The van der Waals surface area contributed by atoms with Crippen molar-refractivity contribution >= 4 is 17.5 Å². The molecule has 1 aliphatic heterocycles. The van der Waals surface area contributed by atoms with E-state index in [1.54, 1.807) is 0 Å². The van der Waals surface area contributed by atoms with Crippen LogP contribution in [0.25, 0.3) is 0 Å². The van der Waals surface area contributed by atoms with Gasteiger partial charge in [-0.25, -0.2) is 9.80 Å². The molecule has 6 heteroatoms. The van der Waals surface area contributed by atoms with Crippen molar-refractivity contribution in [3.63, 3.8) is 0 Å². The molecule has 6 nitrogen and oxygen atoms in total. The highest BCUT2D eigenvalue weighted by molar-refractivity contribution is 5.67. The Balaban J connectivity index is 1.80. The summed E-state index contributed by atoms with van der Waals surface area (Å²) < 4.78 is 5.25. The van der Waals surface area contributed by atoms with Crippen LogP contribution in [0.3, 0.4) is 0 Å². The van der Waals surface area contributed by atoms with Gasteiger partial charge in [0.2, 0.25) is 0 Å². The summed E-state index contributed by atoms with van der Waals surface area (Å²) in [6, 6.07) is 7.85. The third-order valence-corrected chi connectivity index (χ3v) is 3.19. The second-order valence-corrected chi connectivity index (χ2v) is 6.18. The fraction of sp³-hybridized carbons (Fsp3) is 0.533. The van der Waals surface area contributed by atoms with Crippen LogP contribution in [0.2, 0.25) is 0 Å². The number of hydrogen-bond donors (Lipinski definition) is 2. The summed E-state index contributed by atoms with van der Waals surface area (Å²) in [6.07, 6.45) is -0.400. The number of anilines is 2. The minimum absolute atomic E-state index is 0.400. The molecule has 0 aliphatic carbocycles. The fourth-order valence-electron chi connectivity index (χ4n) is 2.19. The number of amides is 1. The summed E-state index contributed by atoms with van der Waals surface area (Å²) in [5.41, 5.74) is 9.92. The molecule has 1 aromatic rings. The van der Waals surface area contributed by atoms with Crippen molar-refractivity contribution in [2.75, 3.05) is 36.8 Å². The lowest BCUT2D eigenvalue weighted by atomic mass is 10.2. The van der Waals surface area contributed by atoms with Crippen LogP contribution >= 0.6 is 0 Å². The lowest BCUT2D eigenvalue weighted by Gasteiger charge is -2.36. The molecular weight excluding hydrogens is 268 g/mol. The van der Waals surface area contributed by atoms with Crippen LogP contribution in [-0.4, -0.2) is 42.9 Å². The highest BCUT2D eigenvalue weighted by atomic mass is 16.6. The van der Waals surface area contributed by atoms with Gasteiger partial charge in [0.15, 0.2) is 0 Å². The summed E-state index contributed by atoms with van der Waals surface area (Å²) in [6.45, 7) is 8.76. The summed E-state index contributed by atoms with van der Waals surface area (Å²) in [4.78, 5) is 14.0. The molecule has 21 heavy (non-hydrogen) atoms. The van der Waals surface area contributed by atoms with Crippen molar-refractivity contribution in [1.29, 1.82) is 0 Å². The second-order valence-electron chi connectivity index (χ2n) is 6.18. The van der Waals surface area contributed by atoms with Gasteiger partial charge < -0.3 is 15.4 Å². The predicted octanol–water partition coefficient (Wildman–Crippen LogP) is 1.83. The average Bonchev–Trinajstić information content (AvgIpc) is 2.38. The van der Waals surface area contributed by atoms with Crippen LogP contribution in [0.5, 0.6) is 0 Å². The van der Waals surface area contributed by atoms with E-state index in [1.807, 2.05) is 50.0 Å². The number of hydrogen-bond acceptors (Lipinski definition) is 5. The molecule has 0 radical (unpaired) electrons. The van der Waals surface area contributed by atoms with Gasteiger partial charge in [0.25, 0.3) is 0 Å². The number of nitrogen functional groups attached to an aromatic ring is 1. The van der Waals surface area contributed by atoms with Gasteiger partial charge in [-0.1, -0.05) is 0 Å².